The van der Waals surface area contributed by atoms with Gasteiger partial charge in [0, 0.05) is 13.1 Å². The summed E-state index contributed by atoms with van der Waals surface area (Å²) in [6.07, 6.45) is 1.92. The van der Waals surface area contributed by atoms with Crippen LogP contribution in [0.4, 0.5) is 0 Å². The number of nitrogens with one attached hydrogen (secondary N) is 2. The van der Waals surface area contributed by atoms with E-state index in [1.165, 1.54) is 11.3 Å². The Kier molecular flexibility index (Phi) is 5.78. The minimum atomic E-state index is -0.515. The molecular weight excluding hydrogens is 354 g/mol. The average molecular weight is 374 g/mol. The van der Waals surface area contributed by atoms with Gasteiger partial charge in [-0.3, -0.25) is 9.59 Å². The van der Waals surface area contributed by atoms with Crippen LogP contribution in [0.5, 0.6) is 0 Å². The van der Waals surface area contributed by atoms with Gasteiger partial charge in [0.25, 0.3) is 5.91 Å². The number of amides is 2. The first-order chi connectivity index (χ1) is 9.99. The number of rotatable bonds is 4. The summed E-state index contributed by atoms with van der Waals surface area (Å²) in [6, 6.07) is 3.32. The molecule has 21 heavy (non-hydrogen) atoms. The largest absolute Gasteiger partial charge is 0.341 e. The lowest BCUT2D eigenvalue weighted by Crippen LogP contribution is -2.51. The third kappa shape index (κ3) is 4.28. The molecule has 1 saturated heterocycles. The van der Waals surface area contributed by atoms with E-state index in [9.17, 15) is 9.59 Å². The van der Waals surface area contributed by atoms with E-state index in [1.54, 1.807) is 17.9 Å². The van der Waals surface area contributed by atoms with E-state index in [2.05, 4.69) is 26.6 Å². The maximum Gasteiger partial charge on any atom is 0.262 e. The highest BCUT2D eigenvalue weighted by Crippen LogP contribution is 2.22. The molecule has 1 fully saturated rings. The highest BCUT2D eigenvalue weighted by molar-refractivity contribution is 9.11. The van der Waals surface area contributed by atoms with E-state index in [0.717, 1.165) is 29.7 Å². The number of likely N-dealkylation sites (N-methyl/N-ethyl adjacent to an activating group) is 1. The predicted molar refractivity (Wildman–Crippen MR) is 87.6 cm³/mol. The molecule has 0 bridgehead atoms. The molecule has 0 radical (unpaired) electrons. The van der Waals surface area contributed by atoms with Gasteiger partial charge >= 0.3 is 0 Å². The molecule has 0 aromatic carbocycles. The topological polar surface area (TPSA) is 61.4 Å². The third-order valence-electron chi connectivity index (χ3n) is 3.72. The second-order valence-electron chi connectivity index (χ2n) is 5.23. The summed E-state index contributed by atoms with van der Waals surface area (Å²) in [4.78, 5) is 26.8. The third-order valence-corrected chi connectivity index (χ3v) is 5.34. The second kappa shape index (κ2) is 7.38. The lowest BCUT2D eigenvalue weighted by Gasteiger charge is -2.33. The first kappa shape index (κ1) is 16.5. The summed E-state index contributed by atoms with van der Waals surface area (Å²) in [5.41, 5.74) is 0. The van der Waals surface area contributed by atoms with Gasteiger partial charge < -0.3 is 15.5 Å². The van der Waals surface area contributed by atoms with Gasteiger partial charge in [0.15, 0.2) is 0 Å². The van der Waals surface area contributed by atoms with Crippen LogP contribution in [-0.4, -0.2) is 48.9 Å². The number of hydrogen-bond donors (Lipinski definition) is 2. The van der Waals surface area contributed by atoms with E-state index >= 15 is 0 Å². The van der Waals surface area contributed by atoms with Crippen molar-refractivity contribution in [3.8, 4) is 0 Å². The normalized spacial score (nSPS) is 17.3. The average Bonchev–Trinajstić information content (AvgIpc) is 2.93. The van der Waals surface area contributed by atoms with Crippen molar-refractivity contribution < 1.29 is 9.59 Å². The molecule has 2 amide bonds. The first-order valence-corrected chi connectivity index (χ1v) is 8.63. The van der Waals surface area contributed by atoms with Crippen molar-refractivity contribution in [1.29, 1.82) is 0 Å². The quantitative estimate of drug-likeness (QED) is 0.846. The van der Waals surface area contributed by atoms with Gasteiger partial charge in [0.2, 0.25) is 5.91 Å². The number of halogens is 1. The van der Waals surface area contributed by atoms with Crippen molar-refractivity contribution >= 4 is 39.1 Å². The monoisotopic (exact) mass is 373 g/mol. The lowest BCUT2D eigenvalue weighted by molar-refractivity contribution is -0.134. The van der Waals surface area contributed by atoms with Crippen LogP contribution in [-0.2, 0) is 4.79 Å². The van der Waals surface area contributed by atoms with Crippen LogP contribution in [0.3, 0.4) is 0 Å². The van der Waals surface area contributed by atoms with Gasteiger partial charge in [0.1, 0.15) is 6.04 Å². The van der Waals surface area contributed by atoms with Gasteiger partial charge in [0.05, 0.1) is 8.66 Å². The summed E-state index contributed by atoms with van der Waals surface area (Å²) in [6.45, 7) is 3.61. The summed E-state index contributed by atoms with van der Waals surface area (Å²) in [5, 5.41) is 6.06. The molecule has 1 unspecified atom stereocenters. The van der Waals surface area contributed by atoms with E-state index in [4.69, 9.17) is 0 Å². The Morgan fingerprint density at radius 2 is 2.10 bits per heavy atom. The Morgan fingerprint density at radius 1 is 1.43 bits per heavy atom. The Hall–Kier alpha value is -0.920. The van der Waals surface area contributed by atoms with Gasteiger partial charge in [-0.1, -0.05) is 0 Å². The molecular formula is C14H20BrN3O2S. The number of carbonyl (C=O) groups is 2. The fourth-order valence-corrected chi connectivity index (χ4v) is 3.73. The zero-order valence-electron chi connectivity index (χ0n) is 12.2. The SMILES string of the molecule is CC(NC(=O)c1ccc(Br)s1)C(=O)N(C)C1CCNCC1. The van der Waals surface area contributed by atoms with Crippen LogP contribution in [0.25, 0.3) is 0 Å². The standard InChI is InChI=1S/C14H20BrN3O2S/c1-9(17-13(19)11-3-4-12(15)21-11)14(20)18(2)10-5-7-16-8-6-10/h3-4,9-10,16H,5-8H2,1-2H3,(H,17,19). The fraction of sp³-hybridized carbons (Fsp3) is 0.571. The van der Waals surface area contributed by atoms with Gasteiger partial charge in [-0.15, -0.1) is 11.3 Å². The zero-order chi connectivity index (χ0) is 15.4. The van der Waals surface area contributed by atoms with Gasteiger partial charge in [-0.2, -0.15) is 0 Å². The Balaban J connectivity index is 1.90. The number of nitrogens with zero attached hydrogens (tertiary/aromatic N) is 1. The zero-order valence-corrected chi connectivity index (χ0v) is 14.6. The van der Waals surface area contributed by atoms with Crippen molar-refractivity contribution in [2.75, 3.05) is 20.1 Å². The molecule has 0 aliphatic carbocycles. The minimum Gasteiger partial charge on any atom is -0.341 e. The molecule has 2 N–H and O–H groups in total. The van der Waals surface area contributed by atoms with Gasteiger partial charge in [-0.05, 0) is 60.9 Å². The van der Waals surface area contributed by atoms with Gasteiger partial charge in [-0.25, -0.2) is 0 Å². The van der Waals surface area contributed by atoms with E-state index < -0.39 is 6.04 Å². The Bertz CT molecular complexity index is 514. The summed E-state index contributed by atoms with van der Waals surface area (Å²) in [7, 11) is 1.82. The van der Waals surface area contributed by atoms with Crippen molar-refractivity contribution in [1.82, 2.24) is 15.5 Å². The first-order valence-electron chi connectivity index (χ1n) is 7.02. The molecule has 0 spiro atoms. The maximum atomic E-state index is 12.4. The van der Waals surface area contributed by atoms with Crippen molar-refractivity contribution in [2.24, 2.45) is 0 Å². The van der Waals surface area contributed by atoms with E-state index in [0.29, 0.717) is 4.88 Å². The van der Waals surface area contributed by atoms with Crippen molar-refractivity contribution in [3.05, 3.63) is 20.8 Å². The molecule has 1 aliphatic heterocycles. The van der Waals surface area contributed by atoms with Crippen LogP contribution >= 0.6 is 27.3 Å². The smallest absolute Gasteiger partial charge is 0.262 e. The number of piperidine rings is 1. The van der Waals surface area contributed by atoms with Crippen LogP contribution in [0.1, 0.15) is 29.4 Å². The molecule has 2 rings (SSSR count). The van der Waals surface area contributed by atoms with Crippen LogP contribution in [0.2, 0.25) is 0 Å². The van der Waals surface area contributed by atoms with Crippen molar-refractivity contribution in [3.63, 3.8) is 0 Å². The minimum absolute atomic E-state index is 0.0362. The maximum absolute atomic E-state index is 12.4. The molecule has 116 valence electrons. The molecule has 1 aromatic rings. The Labute approximate surface area is 137 Å². The number of thiophene rings is 1. The molecule has 1 aromatic heterocycles. The van der Waals surface area contributed by atoms with Crippen molar-refractivity contribution in [2.45, 2.75) is 31.8 Å². The van der Waals surface area contributed by atoms with E-state index in [1.807, 2.05) is 13.1 Å². The highest BCUT2D eigenvalue weighted by atomic mass is 79.9. The summed E-state index contributed by atoms with van der Waals surface area (Å²) >= 11 is 4.69. The second-order valence-corrected chi connectivity index (χ2v) is 7.69. The molecule has 0 saturated carbocycles. The van der Waals surface area contributed by atoms with Crippen LogP contribution in [0, 0.1) is 0 Å². The van der Waals surface area contributed by atoms with Crippen LogP contribution in [0.15, 0.2) is 15.9 Å². The summed E-state index contributed by atoms with van der Waals surface area (Å²) in [5.74, 6) is -0.240. The highest BCUT2D eigenvalue weighted by Gasteiger charge is 2.26. The Morgan fingerprint density at radius 3 is 2.67 bits per heavy atom. The molecule has 1 aliphatic rings. The summed E-state index contributed by atoms with van der Waals surface area (Å²) < 4.78 is 0.901. The fourth-order valence-electron chi connectivity index (χ4n) is 2.45. The number of carbonyl (C=O) groups excluding carboxylic acids is 2. The van der Waals surface area contributed by atoms with E-state index in [-0.39, 0.29) is 17.9 Å². The molecule has 2 heterocycles. The molecule has 1 atom stereocenters. The number of hydrogen-bond acceptors (Lipinski definition) is 4. The lowest BCUT2D eigenvalue weighted by atomic mass is 10.0. The van der Waals surface area contributed by atoms with Crippen LogP contribution < -0.4 is 10.6 Å². The molecule has 7 heteroatoms. The molecule has 5 nitrogen and oxygen atoms in total. The predicted octanol–water partition coefficient (Wildman–Crippen LogP) is 1.84.